The summed E-state index contributed by atoms with van der Waals surface area (Å²) in [5.74, 6) is 2.94. The molecule has 136 valence electrons. The van der Waals surface area contributed by atoms with Crippen LogP contribution < -0.4 is 18.9 Å². The molecular formula is C20H21NO4S. The SMILES string of the molecule is COc1ccc(-c2csc(Cc3ccc(OC)c(OC)c3)n2)c(OC)c1. The molecule has 0 amide bonds. The molecule has 1 aromatic heterocycles. The van der Waals surface area contributed by atoms with E-state index in [1.807, 2.05) is 41.8 Å². The molecule has 0 radical (unpaired) electrons. The normalized spacial score (nSPS) is 10.5. The average molecular weight is 371 g/mol. The van der Waals surface area contributed by atoms with Crippen LogP contribution in [0.3, 0.4) is 0 Å². The van der Waals surface area contributed by atoms with Gasteiger partial charge in [-0.15, -0.1) is 11.3 Å². The summed E-state index contributed by atoms with van der Waals surface area (Å²) in [6.45, 7) is 0. The van der Waals surface area contributed by atoms with E-state index in [0.717, 1.165) is 51.2 Å². The van der Waals surface area contributed by atoms with Crippen molar-refractivity contribution < 1.29 is 18.9 Å². The molecule has 0 aliphatic rings. The summed E-state index contributed by atoms with van der Waals surface area (Å²) in [6.07, 6.45) is 0.726. The van der Waals surface area contributed by atoms with E-state index < -0.39 is 0 Å². The van der Waals surface area contributed by atoms with Gasteiger partial charge in [0, 0.05) is 23.4 Å². The van der Waals surface area contributed by atoms with Gasteiger partial charge in [0.2, 0.25) is 0 Å². The summed E-state index contributed by atoms with van der Waals surface area (Å²) in [5.41, 5.74) is 2.96. The molecule has 0 saturated heterocycles. The summed E-state index contributed by atoms with van der Waals surface area (Å²) in [7, 11) is 6.56. The van der Waals surface area contributed by atoms with Gasteiger partial charge >= 0.3 is 0 Å². The van der Waals surface area contributed by atoms with E-state index in [9.17, 15) is 0 Å². The fourth-order valence-electron chi connectivity index (χ4n) is 2.69. The molecule has 26 heavy (non-hydrogen) atoms. The highest BCUT2D eigenvalue weighted by Gasteiger charge is 2.12. The maximum absolute atomic E-state index is 5.48. The minimum absolute atomic E-state index is 0.721. The molecule has 0 saturated carbocycles. The monoisotopic (exact) mass is 371 g/mol. The molecule has 6 heteroatoms. The molecule has 0 N–H and O–H groups in total. The second kappa shape index (κ2) is 8.10. The highest BCUT2D eigenvalue weighted by atomic mass is 32.1. The first kappa shape index (κ1) is 18.1. The van der Waals surface area contributed by atoms with Crippen molar-refractivity contribution in [3.8, 4) is 34.3 Å². The number of benzene rings is 2. The third kappa shape index (κ3) is 3.75. The Hall–Kier alpha value is -2.73. The van der Waals surface area contributed by atoms with E-state index in [2.05, 4.69) is 0 Å². The molecule has 5 nitrogen and oxygen atoms in total. The maximum Gasteiger partial charge on any atom is 0.160 e. The van der Waals surface area contributed by atoms with Crippen molar-refractivity contribution in [1.29, 1.82) is 0 Å². The molecule has 0 aliphatic carbocycles. The lowest BCUT2D eigenvalue weighted by Crippen LogP contribution is -1.94. The second-order valence-corrected chi connectivity index (χ2v) is 6.50. The van der Waals surface area contributed by atoms with Gasteiger partial charge in [-0.2, -0.15) is 0 Å². The van der Waals surface area contributed by atoms with Crippen LogP contribution in [0, 0.1) is 0 Å². The third-order valence-electron chi connectivity index (χ3n) is 4.04. The number of nitrogens with zero attached hydrogens (tertiary/aromatic N) is 1. The van der Waals surface area contributed by atoms with Gasteiger partial charge in [-0.3, -0.25) is 0 Å². The Morgan fingerprint density at radius 1 is 0.808 bits per heavy atom. The van der Waals surface area contributed by atoms with Crippen molar-refractivity contribution in [3.05, 3.63) is 52.3 Å². The van der Waals surface area contributed by atoms with E-state index in [1.165, 1.54) is 0 Å². The third-order valence-corrected chi connectivity index (χ3v) is 4.89. The van der Waals surface area contributed by atoms with Crippen LogP contribution in [-0.2, 0) is 6.42 Å². The lowest BCUT2D eigenvalue weighted by molar-refractivity contribution is 0.354. The minimum atomic E-state index is 0.721. The lowest BCUT2D eigenvalue weighted by atomic mass is 10.1. The first-order valence-electron chi connectivity index (χ1n) is 8.06. The van der Waals surface area contributed by atoms with Gasteiger partial charge in [-0.25, -0.2) is 4.98 Å². The van der Waals surface area contributed by atoms with Crippen molar-refractivity contribution in [3.63, 3.8) is 0 Å². The standard InChI is InChI=1S/C20H21NO4S/c1-22-14-6-7-15(18(11-14)24-3)16-12-26-20(21-16)10-13-5-8-17(23-2)19(9-13)25-4/h5-9,11-12H,10H2,1-4H3. The summed E-state index contributed by atoms with van der Waals surface area (Å²) < 4.78 is 21.4. The van der Waals surface area contributed by atoms with Crippen LogP contribution in [0.25, 0.3) is 11.3 Å². The molecule has 0 fully saturated rings. The zero-order valence-electron chi connectivity index (χ0n) is 15.2. The van der Waals surface area contributed by atoms with Crippen molar-refractivity contribution in [2.75, 3.05) is 28.4 Å². The summed E-state index contributed by atoms with van der Waals surface area (Å²) >= 11 is 1.62. The number of hydrogen-bond acceptors (Lipinski definition) is 6. The number of thiazole rings is 1. The topological polar surface area (TPSA) is 49.8 Å². The van der Waals surface area contributed by atoms with Crippen molar-refractivity contribution in [1.82, 2.24) is 4.98 Å². The molecule has 0 aliphatic heterocycles. The minimum Gasteiger partial charge on any atom is -0.497 e. The van der Waals surface area contributed by atoms with Gasteiger partial charge in [-0.05, 0) is 29.8 Å². The van der Waals surface area contributed by atoms with E-state index in [4.69, 9.17) is 23.9 Å². The van der Waals surface area contributed by atoms with E-state index in [1.54, 1.807) is 39.8 Å². The molecule has 0 atom stereocenters. The fourth-order valence-corrected chi connectivity index (χ4v) is 3.52. The number of hydrogen-bond donors (Lipinski definition) is 0. The molecule has 0 spiro atoms. The van der Waals surface area contributed by atoms with Crippen LogP contribution in [0.4, 0.5) is 0 Å². The Labute approximate surface area is 157 Å². The van der Waals surface area contributed by atoms with Gasteiger partial charge in [0.25, 0.3) is 0 Å². The predicted octanol–water partition coefficient (Wildman–Crippen LogP) is 4.44. The van der Waals surface area contributed by atoms with Crippen LogP contribution in [-0.4, -0.2) is 33.4 Å². The van der Waals surface area contributed by atoms with E-state index >= 15 is 0 Å². The number of aromatic nitrogens is 1. The predicted molar refractivity (Wildman–Crippen MR) is 103 cm³/mol. The average Bonchev–Trinajstić information content (AvgIpc) is 3.15. The Morgan fingerprint density at radius 2 is 1.58 bits per heavy atom. The molecule has 0 unspecified atom stereocenters. The Kier molecular flexibility index (Phi) is 5.63. The van der Waals surface area contributed by atoms with Gasteiger partial charge in [0.15, 0.2) is 11.5 Å². The molecule has 3 rings (SSSR count). The zero-order valence-corrected chi connectivity index (χ0v) is 16.1. The summed E-state index contributed by atoms with van der Waals surface area (Å²) in [5, 5.41) is 3.06. The first-order chi connectivity index (χ1) is 12.7. The molecule has 0 bridgehead atoms. The largest absolute Gasteiger partial charge is 0.497 e. The maximum atomic E-state index is 5.48. The fraction of sp³-hybridized carbons (Fsp3) is 0.250. The van der Waals surface area contributed by atoms with Crippen molar-refractivity contribution >= 4 is 11.3 Å². The lowest BCUT2D eigenvalue weighted by Gasteiger charge is -2.09. The van der Waals surface area contributed by atoms with Crippen LogP contribution in [0.15, 0.2) is 41.8 Å². The summed E-state index contributed by atoms with van der Waals surface area (Å²) in [6, 6.07) is 11.7. The van der Waals surface area contributed by atoms with Gasteiger partial charge in [0.1, 0.15) is 11.5 Å². The van der Waals surface area contributed by atoms with Gasteiger partial charge < -0.3 is 18.9 Å². The van der Waals surface area contributed by atoms with E-state index in [0.29, 0.717) is 0 Å². The molecular weight excluding hydrogens is 350 g/mol. The molecule has 1 heterocycles. The smallest absolute Gasteiger partial charge is 0.160 e. The van der Waals surface area contributed by atoms with Crippen LogP contribution >= 0.6 is 11.3 Å². The van der Waals surface area contributed by atoms with Crippen LogP contribution in [0.5, 0.6) is 23.0 Å². The quantitative estimate of drug-likeness (QED) is 0.615. The zero-order chi connectivity index (χ0) is 18.5. The first-order valence-corrected chi connectivity index (χ1v) is 8.94. The van der Waals surface area contributed by atoms with Crippen LogP contribution in [0.1, 0.15) is 10.6 Å². The van der Waals surface area contributed by atoms with Crippen LogP contribution in [0.2, 0.25) is 0 Å². The Balaban J connectivity index is 1.85. The Bertz CT molecular complexity index is 891. The van der Waals surface area contributed by atoms with Crippen molar-refractivity contribution in [2.24, 2.45) is 0 Å². The highest BCUT2D eigenvalue weighted by Crippen LogP contribution is 2.34. The van der Waals surface area contributed by atoms with Gasteiger partial charge in [0.05, 0.1) is 39.1 Å². The second-order valence-electron chi connectivity index (χ2n) is 5.56. The summed E-state index contributed by atoms with van der Waals surface area (Å²) in [4.78, 5) is 4.76. The molecule has 3 aromatic rings. The van der Waals surface area contributed by atoms with Gasteiger partial charge in [-0.1, -0.05) is 6.07 Å². The van der Waals surface area contributed by atoms with Crippen molar-refractivity contribution in [2.45, 2.75) is 6.42 Å². The Morgan fingerprint density at radius 3 is 2.27 bits per heavy atom. The number of ether oxygens (including phenoxy) is 4. The number of methoxy groups -OCH3 is 4. The number of rotatable bonds is 7. The molecule has 2 aromatic carbocycles. The van der Waals surface area contributed by atoms with E-state index in [-0.39, 0.29) is 0 Å². The highest BCUT2D eigenvalue weighted by molar-refractivity contribution is 7.10.